The summed E-state index contributed by atoms with van der Waals surface area (Å²) in [4.78, 5) is 17.2. The van der Waals surface area contributed by atoms with Gasteiger partial charge in [0.2, 0.25) is 0 Å². The number of hydrogen-bond donors (Lipinski definition) is 2. The van der Waals surface area contributed by atoms with Crippen molar-refractivity contribution in [2.45, 2.75) is 38.3 Å². The van der Waals surface area contributed by atoms with Crippen molar-refractivity contribution in [2.24, 2.45) is 0 Å². The Hall–Kier alpha value is -1.41. The molecular formula is C10H17N3O4S. The summed E-state index contributed by atoms with van der Waals surface area (Å²) in [6.07, 6.45) is 1.19. The number of carboxylic acid groups (broad SMARTS) is 1. The van der Waals surface area contributed by atoms with E-state index < -0.39 is 28.1 Å². The van der Waals surface area contributed by atoms with Gasteiger partial charge in [-0.25, -0.2) is 13.4 Å². The number of carboxylic acids is 1. The summed E-state index contributed by atoms with van der Waals surface area (Å²) < 4.78 is 25.6. The van der Waals surface area contributed by atoms with Gasteiger partial charge in [0.15, 0.2) is 5.03 Å². The predicted octanol–water partition coefficient (Wildman–Crippen LogP) is 0.592. The number of aromatic nitrogens is 2. The second-order valence-electron chi connectivity index (χ2n) is 4.91. The van der Waals surface area contributed by atoms with Crippen LogP contribution in [0.15, 0.2) is 11.2 Å². The number of rotatable bonds is 4. The van der Waals surface area contributed by atoms with Crippen LogP contribution in [0.1, 0.15) is 26.6 Å². The second kappa shape index (κ2) is 4.69. The van der Waals surface area contributed by atoms with Gasteiger partial charge in [-0.2, -0.15) is 4.31 Å². The van der Waals surface area contributed by atoms with Crippen LogP contribution in [0.25, 0.3) is 0 Å². The molecule has 0 atom stereocenters. The van der Waals surface area contributed by atoms with E-state index in [0.29, 0.717) is 5.82 Å². The third-order valence-corrected chi connectivity index (χ3v) is 4.30. The lowest BCUT2D eigenvalue weighted by Crippen LogP contribution is -2.48. The smallest absolute Gasteiger partial charge is 0.318 e. The molecule has 0 amide bonds. The Morgan fingerprint density at radius 3 is 2.39 bits per heavy atom. The summed E-state index contributed by atoms with van der Waals surface area (Å²) >= 11 is 0. The Morgan fingerprint density at radius 2 is 2.06 bits per heavy atom. The van der Waals surface area contributed by atoms with Gasteiger partial charge in [-0.05, 0) is 27.7 Å². The van der Waals surface area contributed by atoms with Crippen LogP contribution in [-0.4, -0.2) is 45.9 Å². The predicted molar refractivity (Wildman–Crippen MR) is 64.6 cm³/mol. The van der Waals surface area contributed by atoms with Crippen molar-refractivity contribution in [3.63, 3.8) is 0 Å². The van der Waals surface area contributed by atoms with Crippen LogP contribution in [0.2, 0.25) is 0 Å². The lowest BCUT2D eigenvalue weighted by atomic mass is 10.1. The van der Waals surface area contributed by atoms with Crippen molar-refractivity contribution in [1.29, 1.82) is 0 Å². The molecule has 102 valence electrons. The number of aromatic amines is 1. The van der Waals surface area contributed by atoms with E-state index in [1.165, 1.54) is 6.20 Å². The highest BCUT2D eigenvalue weighted by Crippen LogP contribution is 2.22. The number of imidazole rings is 1. The van der Waals surface area contributed by atoms with Crippen LogP contribution in [0.3, 0.4) is 0 Å². The molecule has 0 aliphatic carbocycles. The van der Waals surface area contributed by atoms with E-state index in [9.17, 15) is 13.2 Å². The molecule has 1 aromatic heterocycles. The number of nitrogens with zero attached hydrogens (tertiary/aromatic N) is 2. The highest BCUT2D eigenvalue weighted by molar-refractivity contribution is 7.89. The highest BCUT2D eigenvalue weighted by atomic mass is 32.2. The summed E-state index contributed by atoms with van der Waals surface area (Å²) in [7, 11) is -3.90. The molecule has 0 spiro atoms. The number of aliphatic carboxylic acids is 1. The number of H-pyrrole nitrogens is 1. The van der Waals surface area contributed by atoms with Crippen molar-refractivity contribution in [3.8, 4) is 0 Å². The molecule has 8 heteroatoms. The second-order valence-corrected chi connectivity index (χ2v) is 6.74. The summed E-state index contributed by atoms with van der Waals surface area (Å²) in [5, 5.41) is 8.73. The average Bonchev–Trinajstić information content (AvgIpc) is 2.59. The lowest BCUT2D eigenvalue weighted by Gasteiger charge is -2.32. The molecule has 7 nitrogen and oxygen atoms in total. The summed E-state index contributed by atoms with van der Waals surface area (Å²) in [6.45, 7) is 5.94. The van der Waals surface area contributed by atoms with E-state index in [4.69, 9.17) is 5.11 Å². The molecule has 0 bridgehead atoms. The Labute approximate surface area is 106 Å². The monoisotopic (exact) mass is 275 g/mol. The first-order chi connectivity index (χ1) is 8.05. The lowest BCUT2D eigenvalue weighted by molar-refractivity contribution is -0.138. The van der Waals surface area contributed by atoms with Gasteiger partial charge in [-0.1, -0.05) is 0 Å². The molecule has 0 aliphatic rings. The van der Waals surface area contributed by atoms with Gasteiger partial charge in [0.25, 0.3) is 10.0 Å². The number of aryl methyl sites for hydroxylation is 1. The molecule has 2 N–H and O–H groups in total. The van der Waals surface area contributed by atoms with Crippen molar-refractivity contribution < 1.29 is 18.3 Å². The van der Waals surface area contributed by atoms with Crippen LogP contribution < -0.4 is 0 Å². The maximum Gasteiger partial charge on any atom is 0.318 e. The standard InChI is InChI=1S/C10H17N3O4S/c1-7-11-5-8(12-7)18(16,17)13(6-9(14)15)10(2,3)4/h5H,6H2,1-4H3,(H,11,12)(H,14,15). The van der Waals surface area contributed by atoms with E-state index in [1.807, 2.05) is 0 Å². The zero-order chi connectivity index (χ0) is 14.1. The van der Waals surface area contributed by atoms with Gasteiger partial charge < -0.3 is 10.1 Å². The minimum atomic E-state index is -3.90. The molecule has 18 heavy (non-hydrogen) atoms. The number of sulfonamides is 1. The molecule has 0 aromatic carbocycles. The maximum atomic E-state index is 12.3. The third-order valence-electron chi connectivity index (χ3n) is 2.27. The molecule has 1 rings (SSSR count). The van der Waals surface area contributed by atoms with E-state index in [0.717, 1.165) is 4.31 Å². The first-order valence-electron chi connectivity index (χ1n) is 5.31. The largest absolute Gasteiger partial charge is 0.480 e. The Morgan fingerprint density at radius 1 is 1.50 bits per heavy atom. The van der Waals surface area contributed by atoms with Gasteiger partial charge in [-0.3, -0.25) is 4.79 Å². The van der Waals surface area contributed by atoms with Gasteiger partial charge >= 0.3 is 5.97 Å². The molecule has 0 aliphatic heterocycles. The first-order valence-corrected chi connectivity index (χ1v) is 6.75. The maximum absolute atomic E-state index is 12.3. The average molecular weight is 275 g/mol. The Bertz CT molecular complexity index is 542. The summed E-state index contributed by atoms with van der Waals surface area (Å²) in [5.41, 5.74) is -0.837. The molecule has 0 fully saturated rings. The summed E-state index contributed by atoms with van der Waals surface area (Å²) in [5.74, 6) is -0.748. The van der Waals surface area contributed by atoms with Gasteiger partial charge in [0.05, 0.1) is 6.20 Å². The number of hydrogen-bond acceptors (Lipinski definition) is 4. The van der Waals surface area contributed by atoms with E-state index >= 15 is 0 Å². The van der Waals surface area contributed by atoms with Crippen molar-refractivity contribution in [1.82, 2.24) is 14.3 Å². The molecule has 0 saturated carbocycles. The summed E-state index contributed by atoms with van der Waals surface area (Å²) in [6, 6.07) is 0. The Balaban J connectivity index is 3.24. The quantitative estimate of drug-likeness (QED) is 0.837. The van der Waals surface area contributed by atoms with Gasteiger partial charge in [0.1, 0.15) is 12.4 Å². The minimum absolute atomic E-state index is 0.101. The zero-order valence-corrected chi connectivity index (χ0v) is 11.6. The number of carbonyl (C=O) groups is 1. The fraction of sp³-hybridized carbons (Fsp3) is 0.600. The fourth-order valence-corrected chi connectivity index (χ4v) is 3.16. The molecule has 1 heterocycles. The molecular weight excluding hydrogens is 258 g/mol. The normalized spacial score (nSPS) is 12.9. The van der Waals surface area contributed by atoms with Crippen molar-refractivity contribution in [3.05, 3.63) is 12.0 Å². The fourth-order valence-electron chi connectivity index (χ4n) is 1.45. The first kappa shape index (κ1) is 14.7. The number of nitrogens with one attached hydrogen (secondary N) is 1. The van der Waals surface area contributed by atoms with E-state index in [1.54, 1.807) is 27.7 Å². The highest BCUT2D eigenvalue weighted by Gasteiger charge is 2.36. The van der Waals surface area contributed by atoms with Gasteiger partial charge in [0, 0.05) is 5.54 Å². The molecule has 1 aromatic rings. The van der Waals surface area contributed by atoms with E-state index in [-0.39, 0.29) is 5.03 Å². The van der Waals surface area contributed by atoms with Crippen molar-refractivity contribution in [2.75, 3.05) is 6.54 Å². The SMILES string of the molecule is Cc1ncc(S(=O)(=O)N(CC(=O)O)C(C)(C)C)[nH]1. The molecule has 0 saturated heterocycles. The van der Waals surface area contributed by atoms with Crippen LogP contribution in [0.5, 0.6) is 0 Å². The Kier molecular flexibility index (Phi) is 3.82. The molecule has 0 unspecified atom stereocenters. The van der Waals surface area contributed by atoms with Gasteiger partial charge in [-0.15, -0.1) is 0 Å². The van der Waals surface area contributed by atoms with Crippen LogP contribution in [-0.2, 0) is 14.8 Å². The van der Waals surface area contributed by atoms with Crippen molar-refractivity contribution >= 4 is 16.0 Å². The zero-order valence-electron chi connectivity index (χ0n) is 10.8. The molecule has 0 radical (unpaired) electrons. The minimum Gasteiger partial charge on any atom is -0.480 e. The third kappa shape index (κ3) is 3.08. The van der Waals surface area contributed by atoms with Crippen LogP contribution in [0.4, 0.5) is 0 Å². The topological polar surface area (TPSA) is 103 Å². The van der Waals surface area contributed by atoms with E-state index in [2.05, 4.69) is 9.97 Å². The van der Waals surface area contributed by atoms with Crippen LogP contribution in [0, 0.1) is 6.92 Å². The van der Waals surface area contributed by atoms with Crippen LogP contribution >= 0.6 is 0 Å².